The maximum atomic E-state index is 10.6. The number of rotatable bonds is 10. The number of para-hydroxylation sites is 2. The molecule has 0 unspecified atom stereocenters. The van der Waals surface area contributed by atoms with Gasteiger partial charge >= 0.3 is 25.8 Å². The van der Waals surface area contributed by atoms with Crippen LogP contribution in [0.1, 0.15) is 53.1 Å². The van der Waals surface area contributed by atoms with E-state index in [0.29, 0.717) is 11.7 Å². The summed E-state index contributed by atoms with van der Waals surface area (Å²) in [5, 5.41) is 18.8. The van der Waals surface area contributed by atoms with Crippen molar-refractivity contribution < 1.29 is 30.9 Å². The van der Waals surface area contributed by atoms with E-state index in [0.717, 1.165) is 60.4 Å². The number of hydrogen-bond donors (Lipinski definition) is 2. The molecule has 3 nitrogen and oxygen atoms in total. The third-order valence-electron chi connectivity index (χ3n) is 6.83. The molecule has 0 heterocycles. The molecule has 0 aromatic heterocycles. The summed E-state index contributed by atoms with van der Waals surface area (Å²) in [6, 6.07) is 44.4. The number of aromatic hydroxyl groups is 1. The van der Waals surface area contributed by atoms with Gasteiger partial charge in [0.15, 0.2) is 0 Å². The number of nitrogens with zero attached hydrogens (tertiary/aromatic N) is 1. The smallest absolute Gasteiger partial charge is 0.683 e. The third-order valence-corrected chi connectivity index (χ3v) is 6.83. The van der Waals surface area contributed by atoms with Crippen molar-refractivity contribution in [2.75, 3.05) is 19.6 Å². The number of phenols is 1. The fraction of sp³-hybridized carbons (Fsp3) is 0.200. The Kier molecular flexibility index (Phi) is 17.4. The van der Waals surface area contributed by atoms with E-state index < -0.39 is 0 Å². The molecule has 0 bridgehead atoms. The van der Waals surface area contributed by atoms with Gasteiger partial charge in [-0.2, -0.15) is 49.2 Å². The van der Waals surface area contributed by atoms with Crippen molar-refractivity contribution in [2.45, 2.75) is 32.6 Å². The molecule has 2 N–H and O–H groups in total. The van der Waals surface area contributed by atoms with Crippen LogP contribution in [-0.4, -0.2) is 24.7 Å². The van der Waals surface area contributed by atoms with E-state index in [4.69, 9.17) is 5.32 Å². The zero-order chi connectivity index (χ0) is 30.7. The molecular weight excluding hydrogens is 703 g/mol. The summed E-state index contributed by atoms with van der Waals surface area (Å²) in [6.07, 6.45) is 1.55. The van der Waals surface area contributed by atoms with E-state index in [9.17, 15) is 5.11 Å². The number of hydrogen-bond acceptors (Lipinski definition) is 2. The Morgan fingerprint density at radius 3 is 1.70 bits per heavy atom. The quantitative estimate of drug-likeness (QED) is 0.0850. The van der Waals surface area contributed by atoms with Gasteiger partial charge in [0, 0.05) is 6.42 Å². The van der Waals surface area contributed by atoms with Crippen LogP contribution in [0.5, 0.6) is 5.75 Å². The Labute approximate surface area is 284 Å². The van der Waals surface area contributed by atoms with E-state index in [2.05, 4.69) is 63.3 Å². The average Bonchev–Trinajstić information content (AvgIpc) is 3.02. The average molecular weight is 748 g/mol. The SMILES string of the molecule is CC(C)c1ccccc1[N-]CCNCCc1cccc(Cc2ccccc2)c1O.[CH2-]c1ccccc1.[CH2-]c1ccccc1.[Hf+4]. The summed E-state index contributed by atoms with van der Waals surface area (Å²) in [5.74, 6) is 0.905. The van der Waals surface area contributed by atoms with Crippen LogP contribution in [0.25, 0.3) is 5.32 Å². The summed E-state index contributed by atoms with van der Waals surface area (Å²) < 4.78 is 0. The van der Waals surface area contributed by atoms with Crippen molar-refractivity contribution in [1.82, 2.24) is 5.32 Å². The summed E-state index contributed by atoms with van der Waals surface area (Å²) >= 11 is 0. The van der Waals surface area contributed by atoms with E-state index in [1.807, 2.05) is 103 Å². The molecule has 0 saturated heterocycles. The Morgan fingerprint density at radius 1 is 0.636 bits per heavy atom. The first-order valence-electron chi connectivity index (χ1n) is 15.0. The molecule has 0 atom stereocenters. The topological polar surface area (TPSA) is 46.4 Å². The first-order chi connectivity index (χ1) is 20.9. The fourth-order valence-electron chi connectivity index (χ4n) is 4.48. The molecule has 4 heteroatoms. The normalized spacial score (nSPS) is 9.98. The maximum Gasteiger partial charge on any atom is 4.00 e. The predicted octanol–water partition coefficient (Wildman–Crippen LogP) is 9.68. The second-order valence-electron chi connectivity index (χ2n) is 10.7. The van der Waals surface area contributed by atoms with Crippen LogP contribution in [0.2, 0.25) is 0 Å². The van der Waals surface area contributed by atoms with Gasteiger partial charge in [0.25, 0.3) is 0 Å². The van der Waals surface area contributed by atoms with Crippen molar-refractivity contribution >= 4 is 5.69 Å². The maximum absolute atomic E-state index is 10.6. The largest absolute Gasteiger partial charge is 4.00 e. The van der Waals surface area contributed by atoms with Gasteiger partial charge in [-0.15, -0.1) is 36.5 Å². The zero-order valence-corrected chi connectivity index (χ0v) is 29.7. The molecular formula is C40H45HfN2O+. The van der Waals surface area contributed by atoms with Crippen molar-refractivity contribution in [2.24, 2.45) is 0 Å². The third kappa shape index (κ3) is 13.7. The summed E-state index contributed by atoms with van der Waals surface area (Å²) in [5.41, 5.74) is 7.72. The van der Waals surface area contributed by atoms with Crippen LogP contribution in [0, 0.1) is 13.8 Å². The van der Waals surface area contributed by atoms with E-state index in [1.54, 1.807) is 0 Å². The van der Waals surface area contributed by atoms with Crippen LogP contribution in [0.4, 0.5) is 5.69 Å². The van der Waals surface area contributed by atoms with Gasteiger partial charge in [-0.05, 0) is 42.1 Å². The molecule has 0 fully saturated rings. The molecule has 5 aromatic rings. The van der Waals surface area contributed by atoms with Crippen LogP contribution in [0.15, 0.2) is 133 Å². The Bertz CT molecular complexity index is 1400. The van der Waals surface area contributed by atoms with Gasteiger partial charge < -0.3 is 15.7 Å². The Balaban J connectivity index is 0.000000367. The molecule has 44 heavy (non-hydrogen) atoms. The number of phenolic OH excluding ortho intramolecular Hbond substituents is 1. The molecule has 0 radical (unpaired) electrons. The molecule has 0 amide bonds. The fourth-order valence-corrected chi connectivity index (χ4v) is 4.48. The summed E-state index contributed by atoms with van der Waals surface area (Å²) in [4.78, 5) is 0. The second-order valence-corrected chi connectivity index (χ2v) is 10.7. The van der Waals surface area contributed by atoms with Crippen LogP contribution in [-0.2, 0) is 38.7 Å². The van der Waals surface area contributed by atoms with Crippen LogP contribution >= 0.6 is 0 Å². The van der Waals surface area contributed by atoms with Gasteiger partial charge in [-0.25, -0.2) is 0 Å². The standard InChI is InChI=1S/C26H31N2O.2C7H7.Hf/c1-20(2)24-13-6-7-14-25(24)28-18-17-27-16-15-22-11-8-12-23(26(22)29)19-21-9-4-3-5-10-21;2*1-7-5-3-2-4-6-7;/h3-14,20,27,29H,15-19H2,1-2H3;2*2-6H,1H2;/q3*-1;+4. The Morgan fingerprint density at radius 2 is 1.16 bits per heavy atom. The zero-order valence-electron chi connectivity index (χ0n) is 26.1. The molecule has 0 aliphatic heterocycles. The monoisotopic (exact) mass is 749 g/mol. The van der Waals surface area contributed by atoms with Crippen molar-refractivity contribution in [1.29, 1.82) is 0 Å². The van der Waals surface area contributed by atoms with Crippen molar-refractivity contribution in [3.05, 3.63) is 186 Å². The summed E-state index contributed by atoms with van der Waals surface area (Å²) in [6.45, 7) is 14.2. The van der Waals surface area contributed by atoms with Gasteiger partial charge in [-0.1, -0.05) is 104 Å². The molecule has 0 aliphatic carbocycles. The van der Waals surface area contributed by atoms with E-state index >= 15 is 0 Å². The minimum atomic E-state index is 0. The minimum Gasteiger partial charge on any atom is -0.683 e. The van der Waals surface area contributed by atoms with Gasteiger partial charge in [-0.3, -0.25) is 0 Å². The first-order valence-corrected chi connectivity index (χ1v) is 15.0. The molecule has 224 valence electrons. The van der Waals surface area contributed by atoms with Gasteiger partial charge in [0.2, 0.25) is 0 Å². The van der Waals surface area contributed by atoms with E-state index in [-0.39, 0.29) is 25.8 Å². The van der Waals surface area contributed by atoms with Crippen LogP contribution in [0.3, 0.4) is 0 Å². The van der Waals surface area contributed by atoms with Crippen LogP contribution < -0.4 is 5.32 Å². The molecule has 0 saturated carbocycles. The summed E-state index contributed by atoms with van der Waals surface area (Å²) in [7, 11) is 0. The molecule has 0 spiro atoms. The van der Waals surface area contributed by atoms with Crippen molar-refractivity contribution in [3.63, 3.8) is 0 Å². The Hall–Kier alpha value is -3.73. The van der Waals surface area contributed by atoms with Gasteiger partial charge in [0.1, 0.15) is 5.75 Å². The van der Waals surface area contributed by atoms with Gasteiger partial charge in [0.05, 0.1) is 0 Å². The molecule has 0 aliphatic rings. The number of benzene rings is 5. The first kappa shape index (κ1) is 36.5. The number of nitrogens with one attached hydrogen (secondary N) is 1. The minimum absolute atomic E-state index is 0. The predicted molar refractivity (Wildman–Crippen MR) is 184 cm³/mol. The second kappa shape index (κ2) is 21.1. The molecule has 5 rings (SSSR count). The molecule has 5 aromatic carbocycles. The van der Waals surface area contributed by atoms with E-state index in [1.165, 1.54) is 11.1 Å². The van der Waals surface area contributed by atoms with Crippen molar-refractivity contribution in [3.8, 4) is 5.75 Å².